The van der Waals surface area contributed by atoms with E-state index in [1.54, 1.807) is 18.2 Å². The highest BCUT2D eigenvalue weighted by Crippen LogP contribution is 2.27. The number of nitrogens with two attached hydrogens (primary N) is 1. The summed E-state index contributed by atoms with van der Waals surface area (Å²) in [4.78, 5) is 0. The van der Waals surface area contributed by atoms with Crippen molar-refractivity contribution in [3.8, 4) is 11.1 Å². The van der Waals surface area contributed by atoms with Crippen LogP contribution in [0.1, 0.15) is 25.3 Å². The van der Waals surface area contributed by atoms with E-state index in [-0.39, 0.29) is 5.82 Å². The molecule has 0 unspecified atom stereocenters. The van der Waals surface area contributed by atoms with E-state index in [9.17, 15) is 4.39 Å². The van der Waals surface area contributed by atoms with E-state index in [2.05, 4.69) is 24.5 Å². The second-order valence-electron chi connectivity index (χ2n) is 4.61. The molecule has 0 heterocycles. The predicted octanol–water partition coefficient (Wildman–Crippen LogP) is 4.12. The van der Waals surface area contributed by atoms with Crippen LogP contribution in [0.15, 0.2) is 42.5 Å². The van der Waals surface area contributed by atoms with Crippen molar-refractivity contribution in [2.45, 2.75) is 26.2 Å². The van der Waals surface area contributed by atoms with Gasteiger partial charge in [0.25, 0.3) is 0 Å². The van der Waals surface area contributed by atoms with Crippen LogP contribution in [0.3, 0.4) is 0 Å². The number of hydrogen-bond donors (Lipinski definition) is 2. The molecule has 19 heavy (non-hydrogen) atoms. The molecule has 3 N–H and O–H groups in total. The first-order valence-electron chi connectivity index (χ1n) is 6.60. The van der Waals surface area contributed by atoms with Gasteiger partial charge in [0.05, 0.1) is 5.69 Å². The largest absolute Gasteiger partial charge is 0.321 e. The van der Waals surface area contributed by atoms with Crippen molar-refractivity contribution < 1.29 is 4.39 Å². The van der Waals surface area contributed by atoms with E-state index in [0.29, 0.717) is 11.3 Å². The fourth-order valence-electron chi connectivity index (χ4n) is 2.10. The van der Waals surface area contributed by atoms with Crippen molar-refractivity contribution in [1.82, 2.24) is 0 Å². The molecule has 0 atom stereocenters. The summed E-state index contributed by atoms with van der Waals surface area (Å²) in [5.74, 6) is 4.97. The molecule has 2 nitrogen and oxygen atoms in total. The smallest absolute Gasteiger partial charge is 0.155 e. The third-order valence-electron chi connectivity index (χ3n) is 3.24. The van der Waals surface area contributed by atoms with Gasteiger partial charge < -0.3 is 5.43 Å². The monoisotopic (exact) mass is 258 g/mol. The van der Waals surface area contributed by atoms with Gasteiger partial charge in [-0.1, -0.05) is 49.7 Å². The number of nitrogens with one attached hydrogen (secondary N) is 1. The number of unbranched alkanes of at least 4 members (excludes halogenated alkanes) is 1. The fourth-order valence-corrected chi connectivity index (χ4v) is 2.10. The summed E-state index contributed by atoms with van der Waals surface area (Å²) in [5.41, 5.74) is 5.41. The van der Waals surface area contributed by atoms with Crippen LogP contribution in [0.2, 0.25) is 0 Å². The lowest BCUT2D eigenvalue weighted by molar-refractivity contribution is 0.634. The third-order valence-corrected chi connectivity index (χ3v) is 3.24. The van der Waals surface area contributed by atoms with Gasteiger partial charge in [-0.15, -0.1) is 0 Å². The highest BCUT2D eigenvalue weighted by atomic mass is 19.1. The number of rotatable bonds is 5. The lowest BCUT2D eigenvalue weighted by atomic mass is 10.0. The summed E-state index contributed by atoms with van der Waals surface area (Å²) in [6, 6.07) is 13.2. The number of hydrazine groups is 1. The predicted molar refractivity (Wildman–Crippen MR) is 78.3 cm³/mol. The van der Waals surface area contributed by atoms with Crippen LogP contribution < -0.4 is 11.3 Å². The standard InChI is InChI=1S/C16H19FN2/c1-2-3-5-12-8-10-13(11-9-12)14-6-4-7-15(19-18)16(14)17/h4,6-11,19H,2-3,5,18H2,1H3. The topological polar surface area (TPSA) is 38.0 Å². The van der Waals surface area contributed by atoms with E-state index >= 15 is 0 Å². The average molecular weight is 258 g/mol. The zero-order valence-electron chi connectivity index (χ0n) is 11.1. The minimum Gasteiger partial charge on any atom is -0.321 e. The Morgan fingerprint density at radius 1 is 1.11 bits per heavy atom. The van der Waals surface area contributed by atoms with Crippen LogP contribution in [-0.2, 0) is 6.42 Å². The van der Waals surface area contributed by atoms with Crippen molar-refractivity contribution in [2.24, 2.45) is 5.84 Å². The van der Waals surface area contributed by atoms with Gasteiger partial charge in [-0.3, -0.25) is 5.84 Å². The molecule has 0 aliphatic heterocycles. The minimum absolute atomic E-state index is 0.313. The Kier molecular flexibility index (Phi) is 4.53. The first kappa shape index (κ1) is 13.6. The van der Waals surface area contributed by atoms with E-state index in [4.69, 9.17) is 5.84 Å². The van der Waals surface area contributed by atoms with Crippen LogP contribution >= 0.6 is 0 Å². The van der Waals surface area contributed by atoms with Gasteiger partial charge in [0.15, 0.2) is 5.82 Å². The van der Waals surface area contributed by atoms with Crippen LogP contribution in [0.5, 0.6) is 0 Å². The molecule has 0 amide bonds. The van der Waals surface area contributed by atoms with Crippen LogP contribution in [-0.4, -0.2) is 0 Å². The molecule has 0 aromatic heterocycles. The highest BCUT2D eigenvalue weighted by Gasteiger charge is 2.08. The van der Waals surface area contributed by atoms with E-state index < -0.39 is 0 Å². The first-order chi connectivity index (χ1) is 9.26. The van der Waals surface area contributed by atoms with Gasteiger partial charge >= 0.3 is 0 Å². The van der Waals surface area contributed by atoms with Gasteiger partial charge in [0, 0.05) is 5.56 Å². The molecule has 0 radical (unpaired) electrons. The molecule has 2 rings (SSSR count). The van der Waals surface area contributed by atoms with Gasteiger partial charge in [0.1, 0.15) is 0 Å². The quantitative estimate of drug-likeness (QED) is 0.625. The van der Waals surface area contributed by atoms with Crippen LogP contribution in [0.4, 0.5) is 10.1 Å². The first-order valence-corrected chi connectivity index (χ1v) is 6.60. The molecule has 0 fully saturated rings. The molecule has 0 spiro atoms. The maximum atomic E-state index is 14.1. The molecule has 2 aromatic rings. The molecule has 0 aliphatic carbocycles. The lowest BCUT2D eigenvalue weighted by Gasteiger charge is -2.08. The minimum atomic E-state index is -0.314. The maximum absolute atomic E-state index is 14.1. The number of anilines is 1. The van der Waals surface area contributed by atoms with E-state index in [1.807, 2.05) is 12.1 Å². The van der Waals surface area contributed by atoms with E-state index in [1.165, 1.54) is 18.4 Å². The third kappa shape index (κ3) is 3.12. The van der Waals surface area contributed by atoms with Crippen LogP contribution in [0, 0.1) is 5.82 Å². The summed E-state index contributed by atoms with van der Waals surface area (Å²) < 4.78 is 14.1. The normalized spacial score (nSPS) is 10.5. The molecule has 0 bridgehead atoms. The Morgan fingerprint density at radius 3 is 2.47 bits per heavy atom. The fraction of sp³-hybridized carbons (Fsp3) is 0.250. The summed E-state index contributed by atoms with van der Waals surface area (Å²) >= 11 is 0. The van der Waals surface area contributed by atoms with Gasteiger partial charge in [-0.2, -0.15) is 0 Å². The van der Waals surface area contributed by atoms with E-state index in [0.717, 1.165) is 12.0 Å². The molecule has 100 valence electrons. The van der Waals surface area contributed by atoms with Gasteiger partial charge in [0.2, 0.25) is 0 Å². The number of halogens is 1. The molecule has 0 aliphatic rings. The zero-order chi connectivity index (χ0) is 13.7. The average Bonchev–Trinajstić information content (AvgIpc) is 2.46. The Morgan fingerprint density at radius 2 is 1.84 bits per heavy atom. The van der Waals surface area contributed by atoms with Crippen molar-refractivity contribution in [1.29, 1.82) is 0 Å². The number of aryl methyl sites for hydroxylation is 1. The summed E-state index contributed by atoms with van der Waals surface area (Å²) in [5, 5.41) is 0. The van der Waals surface area contributed by atoms with Crippen molar-refractivity contribution in [3.63, 3.8) is 0 Å². The number of hydrogen-bond acceptors (Lipinski definition) is 2. The lowest BCUT2D eigenvalue weighted by Crippen LogP contribution is -2.08. The summed E-state index contributed by atoms with van der Waals surface area (Å²) in [6.45, 7) is 2.18. The van der Waals surface area contributed by atoms with Gasteiger partial charge in [-0.25, -0.2) is 4.39 Å². The van der Waals surface area contributed by atoms with Crippen molar-refractivity contribution in [2.75, 3.05) is 5.43 Å². The Hall–Kier alpha value is -1.87. The Balaban J connectivity index is 2.27. The Bertz CT molecular complexity index is 535. The molecule has 3 heteroatoms. The molecule has 2 aromatic carbocycles. The maximum Gasteiger partial charge on any atom is 0.155 e. The molecule has 0 saturated heterocycles. The highest BCUT2D eigenvalue weighted by molar-refractivity contribution is 5.69. The second kappa shape index (κ2) is 6.34. The van der Waals surface area contributed by atoms with Crippen molar-refractivity contribution >= 4 is 5.69 Å². The SMILES string of the molecule is CCCCc1ccc(-c2cccc(NN)c2F)cc1. The second-order valence-corrected chi connectivity index (χ2v) is 4.61. The van der Waals surface area contributed by atoms with Gasteiger partial charge in [-0.05, 0) is 30.0 Å². The summed E-state index contributed by atoms with van der Waals surface area (Å²) in [7, 11) is 0. The Labute approximate surface area is 113 Å². The van der Waals surface area contributed by atoms with Crippen molar-refractivity contribution in [3.05, 3.63) is 53.8 Å². The zero-order valence-corrected chi connectivity index (χ0v) is 11.1. The number of benzene rings is 2. The molecule has 0 saturated carbocycles. The number of nitrogen functional groups attached to an aromatic ring is 1. The molecular weight excluding hydrogens is 239 g/mol. The molecular formula is C16H19FN2. The summed E-state index contributed by atoms with van der Waals surface area (Å²) in [6.07, 6.45) is 3.44. The van der Waals surface area contributed by atoms with Crippen LogP contribution in [0.25, 0.3) is 11.1 Å².